The highest BCUT2D eigenvalue weighted by atomic mass is 32.2. The fraction of sp³-hybridized carbons (Fsp3) is 0.333. The van der Waals surface area contributed by atoms with Crippen molar-refractivity contribution in [3.8, 4) is 0 Å². The van der Waals surface area contributed by atoms with Gasteiger partial charge in [-0.2, -0.15) is 0 Å². The Kier molecular flexibility index (Phi) is 5.93. The number of nitrogens with one attached hydrogen (secondary N) is 1. The van der Waals surface area contributed by atoms with Gasteiger partial charge < -0.3 is 10.2 Å². The summed E-state index contributed by atoms with van der Waals surface area (Å²) in [5.41, 5.74) is 3.09. The van der Waals surface area contributed by atoms with E-state index in [1.54, 1.807) is 47.4 Å². The molecule has 8 heteroatoms. The van der Waals surface area contributed by atoms with Gasteiger partial charge in [-0.05, 0) is 68.3 Å². The third-order valence-corrected chi connectivity index (χ3v) is 6.22. The Hall–Kier alpha value is -2.87. The summed E-state index contributed by atoms with van der Waals surface area (Å²) in [5, 5.41) is 2.82. The van der Waals surface area contributed by atoms with Gasteiger partial charge in [-0.1, -0.05) is 0 Å². The summed E-state index contributed by atoms with van der Waals surface area (Å²) in [6.45, 7) is 5.54. The Morgan fingerprint density at radius 2 is 1.66 bits per heavy atom. The fourth-order valence-electron chi connectivity index (χ4n) is 3.45. The first-order valence-electron chi connectivity index (χ1n) is 9.56. The fourth-order valence-corrected chi connectivity index (χ4v) is 4.41. The van der Waals surface area contributed by atoms with Crippen molar-refractivity contribution in [2.45, 2.75) is 20.3 Å². The van der Waals surface area contributed by atoms with Crippen LogP contribution in [0.4, 0.5) is 11.4 Å². The van der Waals surface area contributed by atoms with Crippen molar-refractivity contribution in [3.63, 3.8) is 0 Å². The average molecular weight is 416 g/mol. The van der Waals surface area contributed by atoms with Crippen LogP contribution in [0, 0.1) is 0 Å². The number of nitrogens with zero attached hydrogens (tertiary/aromatic N) is 2. The number of carbonyl (C=O) groups is 2. The summed E-state index contributed by atoms with van der Waals surface area (Å²) in [6.07, 6.45) is 1.75. The van der Waals surface area contributed by atoms with Crippen LogP contribution in [-0.2, 0) is 16.4 Å². The largest absolute Gasteiger partial charge is 0.339 e. The van der Waals surface area contributed by atoms with Crippen LogP contribution in [0.25, 0.3) is 0 Å². The van der Waals surface area contributed by atoms with Gasteiger partial charge in [0.1, 0.15) is 0 Å². The van der Waals surface area contributed by atoms with Crippen molar-refractivity contribution in [3.05, 3.63) is 59.2 Å². The zero-order valence-corrected chi connectivity index (χ0v) is 17.6. The van der Waals surface area contributed by atoms with Crippen LogP contribution in [0.1, 0.15) is 40.1 Å². The Morgan fingerprint density at radius 3 is 2.24 bits per heavy atom. The molecule has 0 unspecified atom stereocenters. The molecule has 0 fully saturated rings. The van der Waals surface area contributed by atoms with Crippen LogP contribution >= 0.6 is 0 Å². The first-order chi connectivity index (χ1) is 13.7. The average Bonchev–Trinajstić information content (AvgIpc) is 3.13. The number of rotatable bonds is 6. The highest BCUT2D eigenvalue weighted by Crippen LogP contribution is 2.30. The van der Waals surface area contributed by atoms with Gasteiger partial charge in [0, 0.05) is 36.4 Å². The first kappa shape index (κ1) is 20.9. The second-order valence-electron chi connectivity index (χ2n) is 6.94. The zero-order chi connectivity index (χ0) is 21.2. The number of carbonyl (C=O) groups excluding carboxylic acids is 2. The molecule has 2 aromatic carbocycles. The maximum Gasteiger partial charge on any atom is 0.255 e. The highest BCUT2D eigenvalue weighted by Gasteiger charge is 2.26. The number of amides is 2. The normalized spacial score (nSPS) is 13.1. The van der Waals surface area contributed by atoms with E-state index in [0.717, 1.165) is 5.56 Å². The van der Waals surface area contributed by atoms with Crippen molar-refractivity contribution < 1.29 is 18.0 Å². The minimum Gasteiger partial charge on any atom is -0.339 e. The van der Waals surface area contributed by atoms with Crippen LogP contribution in [0.3, 0.4) is 0 Å². The number of fused-ring (bicyclic) bond motifs is 1. The summed E-state index contributed by atoms with van der Waals surface area (Å²) in [4.78, 5) is 26.7. The molecular formula is C21H25N3O4S. The van der Waals surface area contributed by atoms with E-state index in [1.165, 1.54) is 10.6 Å². The molecule has 0 radical (unpaired) electrons. The lowest BCUT2D eigenvalue weighted by atomic mass is 10.1. The molecule has 0 atom stereocenters. The third-order valence-electron chi connectivity index (χ3n) is 5.04. The molecule has 2 amide bonds. The second-order valence-corrected chi connectivity index (χ2v) is 8.84. The predicted molar refractivity (Wildman–Crippen MR) is 114 cm³/mol. The summed E-state index contributed by atoms with van der Waals surface area (Å²) in [6, 6.07) is 11.8. The Balaban J connectivity index is 1.72. The van der Waals surface area contributed by atoms with E-state index in [9.17, 15) is 18.0 Å². The molecule has 29 heavy (non-hydrogen) atoms. The van der Waals surface area contributed by atoms with E-state index < -0.39 is 10.0 Å². The predicted octanol–water partition coefficient (Wildman–Crippen LogP) is 2.74. The lowest BCUT2D eigenvalue weighted by Crippen LogP contribution is -2.30. The lowest BCUT2D eigenvalue weighted by molar-refractivity contribution is 0.0773. The standard InChI is InChI=1S/C21H25N3O4S/c1-4-23(5-2)21(26)15-6-9-18(10-7-15)22-20(25)17-8-11-19-16(14-17)12-13-24(19)29(3,27)28/h6-11,14H,4-5,12-13H2,1-3H3,(H,22,25). The Bertz CT molecular complexity index is 1030. The zero-order valence-electron chi connectivity index (χ0n) is 16.8. The van der Waals surface area contributed by atoms with Gasteiger partial charge >= 0.3 is 0 Å². The highest BCUT2D eigenvalue weighted by molar-refractivity contribution is 7.92. The number of anilines is 2. The molecule has 1 aliphatic rings. The molecular weight excluding hydrogens is 390 g/mol. The molecule has 1 heterocycles. The maximum absolute atomic E-state index is 12.6. The minimum atomic E-state index is -3.32. The number of sulfonamides is 1. The maximum atomic E-state index is 12.6. The second kappa shape index (κ2) is 8.24. The van der Waals surface area contributed by atoms with Gasteiger partial charge in [0.25, 0.3) is 11.8 Å². The van der Waals surface area contributed by atoms with E-state index in [1.807, 2.05) is 13.8 Å². The van der Waals surface area contributed by atoms with Gasteiger partial charge in [0.15, 0.2) is 0 Å². The SMILES string of the molecule is CCN(CC)C(=O)c1ccc(NC(=O)c2ccc3c(c2)CCN3S(C)(=O)=O)cc1. The van der Waals surface area contributed by atoms with Crippen molar-refractivity contribution in [2.75, 3.05) is 35.5 Å². The Morgan fingerprint density at radius 1 is 1.03 bits per heavy atom. The van der Waals surface area contributed by atoms with E-state index >= 15 is 0 Å². The van der Waals surface area contributed by atoms with Crippen molar-refractivity contribution >= 4 is 33.2 Å². The van der Waals surface area contributed by atoms with Crippen LogP contribution in [-0.4, -0.2) is 51.0 Å². The van der Waals surface area contributed by atoms with Crippen LogP contribution < -0.4 is 9.62 Å². The summed E-state index contributed by atoms with van der Waals surface area (Å²) >= 11 is 0. The summed E-state index contributed by atoms with van der Waals surface area (Å²) in [5.74, 6) is -0.324. The quantitative estimate of drug-likeness (QED) is 0.786. The number of benzene rings is 2. The molecule has 0 aliphatic carbocycles. The molecule has 0 bridgehead atoms. The third kappa shape index (κ3) is 4.42. The molecule has 0 spiro atoms. The van der Waals surface area contributed by atoms with Crippen LogP contribution in [0.2, 0.25) is 0 Å². The first-order valence-corrected chi connectivity index (χ1v) is 11.4. The number of hydrogen-bond acceptors (Lipinski definition) is 4. The molecule has 1 aliphatic heterocycles. The Labute approximate surface area is 171 Å². The molecule has 7 nitrogen and oxygen atoms in total. The van der Waals surface area contributed by atoms with Gasteiger partial charge in [-0.25, -0.2) is 8.42 Å². The van der Waals surface area contributed by atoms with Crippen LogP contribution in [0.15, 0.2) is 42.5 Å². The smallest absolute Gasteiger partial charge is 0.255 e. The number of hydrogen-bond donors (Lipinski definition) is 1. The van der Waals surface area contributed by atoms with E-state index in [2.05, 4.69) is 5.32 Å². The molecule has 0 saturated carbocycles. The van der Waals surface area contributed by atoms with Crippen molar-refractivity contribution in [1.29, 1.82) is 0 Å². The molecule has 0 saturated heterocycles. The van der Waals surface area contributed by atoms with Crippen LogP contribution in [0.5, 0.6) is 0 Å². The summed E-state index contributed by atoms with van der Waals surface area (Å²) < 4.78 is 25.0. The molecule has 3 rings (SSSR count). The molecule has 154 valence electrons. The molecule has 2 aromatic rings. The monoisotopic (exact) mass is 415 g/mol. The van der Waals surface area contributed by atoms with Gasteiger partial charge in [-0.3, -0.25) is 13.9 Å². The van der Waals surface area contributed by atoms with Crippen molar-refractivity contribution in [2.24, 2.45) is 0 Å². The van der Waals surface area contributed by atoms with Gasteiger partial charge in [0.2, 0.25) is 10.0 Å². The van der Waals surface area contributed by atoms with Gasteiger partial charge in [0.05, 0.1) is 11.9 Å². The molecule has 0 aromatic heterocycles. The van der Waals surface area contributed by atoms with E-state index in [-0.39, 0.29) is 11.8 Å². The van der Waals surface area contributed by atoms with Gasteiger partial charge in [-0.15, -0.1) is 0 Å². The van der Waals surface area contributed by atoms with Crippen molar-refractivity contribution in [1.82, 2.24) is 4.90 Å². The topological polar surface area (TPSA) is 86.8 Å². The van der Waals surface area contributed by atoms with E-state index in [0.29, 0.717) is 48.6 Å². The minimum absolute atomic E-state index is 0.0399. The van der Waals surface area contributed by atoms with E-state index in [4.69, 9.17) is 0 Å². The molecule has 1 N–H and O–H groups in total. The summed E-state index contributed by atoms with van der Waals surface area (Å²) in [7, 11) is -3.32. The lowest BCUT2D eigenvalue weighted by Gasteiger charge is -2.18.